The van der Waals surface area contributed by atoms with Crippen molar-refractivity contribution in [3.8, 4) is 0 Å². The molecule has 2 fully saturated rings. The summed E-state index contributed by atoms with van der Waals surface area (Å²) in [4.78, 5) is 12.5. The van der Waals surface area contributed by atoms with E-state index in [1.807, 2.05) is 0 Å². The van der Waals surface area contributed by atoms with E-state index in [1.54, 1.807) is 41.8 Å². The molecule has 138 valence electrons. The maximum atomic E-state index is 12.6. The first-order valence-electron chi connectivity index (χ1n) is 8.88. The minimum Gasteiger partial charge on any atom is -0.349 e. The minimum absolute atomic E-state index is 0.0714. The lowest BCUT2D eigenvalue weighted by Crippen LogP contribution is -2.38. The van der Waals surface area contributed by atoms with Crippen LogP contribution in [-0.4, -0.2) is 27.4 Å². The van der Waals surface area contributed by atoms with Gasteiger partial charge in [-0.3, -0.25) is 9.10 Å². The highest BCUT2D eigenvalue weighted by Crippen LogP contribution is 2.44. The number of benzene rings is 1. The Morgan fingerprint density at radius 3 is 2.50 bits per heavy atom. The summed E-state index contributed by atoms with van der Waals surface area (Å²) in [6.45, 7) is 0. The van der Waals surface area contributed by atoms with Crippen molar-refractivity contribution in [3.63, 3.8) is 0 Å². The van der Waals surface area contributed by atoms with Gasteiger partial charge in [0.15, 0.2) is 0 Å². The van der Waals surface area contributed by atoms with Gasteiger partial charge >= 0.3 is 0 Å². The van der Waals surface area contributed by atoms with Crippen molar-refractivity contribution in [1.82, 2.24) is 5.32 Å². The van der Waals surface area contributed by atoms with E-state index in [-0.39, 0.29) is 5.91 Å². The van der Waals surface area contributed by atoms with Crippen LogP contribution < -0.4 is 9.62 Å². The smallest absolute Gasteiger partial charge is 0.273 e. The average Bonchev–Trinajstić information content (AvgIpc) is 3.39. The predicted molar refractivity (Wildman–Crippen MR) is 103 cm³/mol. The summed E-state index contributed by atoms with van der Waals surface area (Å²) >= 11 is 1.19. The van der Waals surface area contributed by atoms with Gasteiger partial charge in [-0.15, -0.1) is 11.3 Å². The Bertz CT molecular complexity index is 891. The molecule has 2 aromatic rings. The summed E-state index contributed by atoms with van der Waals surface area (Å²) in [5, 5.41) is 4.90. The Hall–Kier alpha value is -1.86. The maximum Gasteiger partial charge on any atom is 0.273 e. The monoisotopic (exact) mass is 390 g/mol. The molecule has 2 unspecified atom stereocenters. The molecule has 5 nitrogen and oxygen atoms in total. The van der Waals surface area contributed by atoms with Crippen LogP contribution in [0.15, 0.2) is 46.0 Å². The number of sulfonamides is 1. The molecule has 2 aliphatic carbocycles. The Morgan fingerprint density at radius 1 is 1.15 bits per heavy atom. The van der Waals surface area contributed by atoms with E-state index in [0.717, 1.165) is 12.3 Å². The maximum absolute atomic E-state index is 12.6. The van der Waals surface area contributed by atoms with E-state index in [0.29, 0.717) is 27.4 Å². The topological polar surface area (TPSA) is 66.5 Å². The van der Waals surface area contributed by atoms with Crippen LogP contribution in [0.4, 0.5) is 5.69 Å². The molecule has 2 aliphatic rings. The van der Waals surface area contributed by atoms with Crippen molar-refractivity contribution in [1.29, 1.82) is 0 Å². The number of nitrogens with zero attached hydrogens (tertiary/aromatic N) is 1. The van der Waals surface area contributed by atoms with Crippen LogP contribution in [0.1, 0.15) is 36.0 Å². The first kappa shape index (κ1) is 17.5. The molecule has 3 atom stereocenters. The van der Waals surface area contributed by atoms with Gasteiger partial charge in [0.1, 0.15) is 4.21 Å². The fraction of sp³-hybridized carbons (Fsp3) is 0.421. The number of thiophene rings is 1. The zero-order valence-corrected chi connectivity index (χ0v) is 16.2. The van der Waals surface area contributed by atoms with Gasteiger partial charge in [0.2, 0.25) is 0 Å². The van der Waals surface area contributed by atoms with Crippen molar-refractivity contribution in [3.05, 3.63) is 47.3 Å². The van der Waals surface area contributed by atoms with Gasteiger partial charge in [-0.25, -0.2) is 8.42 Å². The summed E-state index contributed by atoms with van der Waals surface area (Å²) in [7, 11) is -2.03. The van der Waals surface area contributed by atoms with Gasteiger partial charge in [-0.05, 0) is 66.8 Å². The van der Waals surface area contributed by atoms with E-state index < -0.39 is 10.0 Å². The molecule has 1 heterocycles. The lowest BCUT2D eigenvalue weighted by Gasteiger charge is -2.23. The zero-order chi connectivity index (χ0) is 18.3. The first-order chi connectivity index (χ1) is 12.4. The fourth-order valence-electron chi connectivity index (χ4n) is 4.18. The standard InChI is InChI=1S/C19H22N2O3S2/c1-21(26(23,24)18-3-2-10-25-18)16-8-6-14(7-9-16)19(22)20-17-12-13-4-5-15(17)11-13/h2-3,6-10,13,15,17H,4-5,11-12H2,1H3,(H,20,22)/t13?,15?,17-/m1/s1. The number of fused-ring (bicyclic) bond motifs is 2. The van der Waals surface area contributed by atoms with Gasteiger partial charge in [-0.1, -0.05) is 12.5 Å². The molecule has 0 radical (unpaired) electrons. The number of carbonyl (C=O) groups excluding carboxylic acids is 1. The lowest BCUT2D eigenvalue weighted by atomic mass is 9.95. The highest BCUT2D eigenvalue weighted by Gasteiger charge is 2.40. The number of nitrogens with one attached hydrogen (secondary N) is 1. The molecule has 1 N–H and O–H groups in total. The van der Waals surface area contributed by atoms with Gasteiger partial charge in [0.25, 0.3) is 15.9 Å². The van der Waals surface area contributed by atoms with Gasteiger partial charge in [0.05, 0.1) is 5.69 Å². The highest BCUT2D eigenvalue weighted by atomic mass is 32.2. The van der Waals surface area contributed by atoms with Gasteiger partial charge in [-0.2, -0.15) is 0 Å². The summed E-state index contributed by atoms with van der Waals surface area (Å²) in [5.74, 6) is 1.34. The number of hydrogen-bond donors (Lipinski definition) is 1. The molecular formula is C19H22N2O3S2. The summed E-state index contributed by atoms with van der Waals surface area (Å²) in [6, 6.07) is 10.4. The first-order valence-corrected chi connectivity index (χ1v) is 11.2. The number of amides is 1. The molecule has 0 spiro atoms. The molecule has 26 heavy (non-hydrogen) atoms. The van der Waals surface area contributed by atoms with Crippen molar-refractivity contribution < 1.29 is 13.2 Å². The van der Waals surface area contributed by atoms with Gasteiger partial charge in [0, 0.05) is 18.7 Å². The number of anilines is 1. The van der Waals surface area contributed by atoms with Crippen LogP contribution in [0.5, 0.6) is 0 Å². The summed E-state index contributed by atoms with van der Waals surface area (Å²) in [5.41, 5.74) is 1.10. The highest BCUT2D eigenvalue weighted by molar-refractivity contribution is 7.94. The zero-order valence-electron chi connectivity index (χ0n) is 14.6. The van der Waals surface area contributed by atoms with E-state index >= 15 is 0 Å². The lowest BCUT2D eigenvalue weighted by molar-refractivity contribution is 0.0923. The van der Waals surface area contributed by atoms with Crippen molar-refractivity contribution in [2.75, 3.05) is 11.4 Å². The van der Waals surface area contributed by atoms with Crippen LogP contribution in [0, 0.1) is 11.8 Å². The Balaban J connectivity index is 1.45. The second-order valence-corrected chi connectivity index (χ2v) is 10.4. The van der Waals surface area contributed by atoms with Crippen molar-refractivity contribution in [2.45, 2.75) is 35.9 Å². The van der Waals surface area contributed by atoms with Gasteiger partial charge < -0.3 is 5.32 Å². The van der Waals surface area contributed by atoms with E-state index in [4.69, 9.17) is 0 Å². The second kappa shape index (κ2) is 6.70. The number of hydrogen-bond acceptors (Lipinski definition) is 4. The summed E-state index contributed by atoms with van der Waals surface area (Å²) in [6.07, 6.45) is 4.86. The molecular weight excluding hydrogens is 368 g/mol. The average molecular weight is 391 g/mol. The molecule has 1 aromatic carbocycles. The van der Waals surface area contributed by atoms with Crippen LogP contribution in [0.2, 0.25) is 0 Å². The normalized spacial score (nSPS) is 24.6. The molecule has 2 bridgehead atoms. The fourth-order valence-corrected chi connectivity index (χ4v) is 6.54. The molecule has 0 aliphatic heterocycles. The Kier molecular flexibility index (Phi) is 4.52. The molecule has 7 heteroatoms. The summed E-state index contributed by atoms with van der Waals surface area (Å²) < 4.78 is 26.7. The van der Waals surface area contributed by atoms with E-state index in [2.05, 4.69) is 5.32 Å². The Labute approximate surface area is 158 Å². The molecule has 1 amide bonds. The minimum atomic E-state index is -3.55. The van der Waals surface area contributed by atoms with Crippen LogP contribution >= 0.6 is 11.3 Å². The number of carbonyl (C=O) groups is 1. The Morgan fingerprint density at radius 2 is 1.92 bits per heavy atom. The quantitative estimate of drug-likeness (QED) is 0.850. The number of rotatable bonds is 5. The van der Waals surface area contributed by atoms with Crippen LogP contribution in [0.25, 0.3) is 0 Å². The third-order valence-electron chi connectivity index (χ3n) is 5.66. The van der Waals surface area contributed by atoms with Crippen LogP contribution in [-0.2, 0) is 10.0 Å². The molecule has 4 rings (SSSR count). The third-order valence-corrected chi connectivity index (χ3v) is 8.82. The molecule has 1 aromatic heterocycles. The largest absolute Gasteiger partial charge is 0.349 e. The third kappa shape index (κ3) is 3.14. The van der Waals surface area contributed by atoms with E-state index in [1.165, 1.54) is 42.0 Å². The second-order valence-electron chi connectivity index (χ2n) is 7.21. The van der Waals surface area contributed by atoms with Crippen LogP contribution in [0.3, 0.4) is 0 Å². The SMILES string of the molecule is CN(c1ccc(C(=O)N[C@@H]2CC3CCC2C3)cc1)S(=O)(=O)c1cccs1. The van der Waals surface area contributed by atoms with Crippen molar-refractivity contribution in [2.24, 2.45) is 11.8 Å². The van der Waals surface area contributed by atoms with Crippen molar-refractivity contribution >= 4 is 33.0 Å². The molecule has 0 saturated heterocycles. The predicted octanol–water partition coefficient (Wildman–Crippen LogP) is 3.49. The van der Waals surface area contributed by atoms with E-state index in [9.17, 15) is 13.2 Å². The molecule has 2 saturated carbocycles.